The molecule has 0 spiro atoms. The predicted molar refractivity (Wildman–Crippen MR) is 116 cm³/mol. The molecule has 2 amide bonds. The second-order valence-corrected chi connectivity index (χ2v) is 10.4. The summed E-state index contributed by atoms with van der Waals surface area (Å²) in [5, 5.41) is 6.47. The second-order valence-electron chi connectivity index (χ2n) is 7.06. The molecular weight excluding hydrogens is 521 g/mol. The first-order valence-corrected chi connectivity index (χ1v) is 11.9. The van der Waals surface area contributed by atoms with Crippen molar-refractivity contribution in [2.45, 2.75) is 23.4 Å². The number of carbonyl (C=O) groups excluding carboxylic acids is 2. The number of rotatable bonds is 6. The Hall–Kier alpha value is -3.04. The SMILES string of the molecule is C[C@H](NC(=O)c1cc(Cl)cc(S(=O)(=O)C(F)(F)F)c1)c1ncnn1-c1ncc(C(=O)N(C)C)s1. The maximum atomic E-state index is 12.9. The van der Waals surface area contributed by atoms with Gasteiger partial charge in [-0.3, -0.25) is 9.59 Å². The fourth-order valence-corrected chi connectivity index (χ4v) is 4.74. The van der Waals surface area contributed by atoms with Crippen molar-refractivity contribution in [3.8, 4) is 5.13 Å². The van der Waals surface area contributed by atoms with E-state index in [0.29, 0.717) is 22.1 Å². The number of carbonyl (C=O) groups is 2. The summed E-state index contributed by atoms with van der Waals surface area (Å²) in [6.07, 6.45) is 2.56. The van der Waals surface area contributed by atoms with Gasteiger partial charge in [0, 0.05) is 24.7 Å². The van der Waals surface area contributed by atoms with Gasteiger partial charge in [0.05, 0.1) is 17.1 Å². The van der Waals surface area contributed by atoms with E-state index in [9.17, 15) is 31.2 Å². The highest BCUT2D eigenvalue weighted by molar-refractivity contribution is 7.92. The molecule has 0 aliphatic rings. The first kappa shape index (κ1) is 25.6. The third kappa shape index (κ3) is 5.05. The molecule has 10 nitrogen and oxygen atoms in total. The number of hydrogen-bond acceptors (Lipinski definition) is 8. The molecule has 2 aromatic heterocycles. The van der Waals surface area contributed by atoms with Crippen LogP contribution in [0.25, 0.3) is 5.13 Å². The second kappa shape index (κ2) is 9.31. The van der Waals surface area contributed by atoms with Gasteiger partial charge in [0.2, 0.25) is 5.13 Å². The summed E-state index contributed by atoms with van der Waals surface area (Å²) in [6, 6.07) is 1.38. The molecule has 0 radical (unpaired) electrons. The Morgan fingerprint density at radius 1 is 1.21 bits per heavy atom. The van der Waals surface area contributed by atoms with Crippen LogP contribution in [0.4, 0.5) is 13.2 Å². The van der Waals surface area contributed by atoms with Gasteiger partial charge in [-0.2, -0.15) is 23.0 Å². The number of amides is 2. The Labute approximate surface area is 200 Å². The third-order valence-electron chi connectivity index (χ3n) is 4.35. The predicted octanol–water partition coefficient (Wildman–Crippen LogP) is 2.86. The summed E-state index contributed by atoms with van der Waals surface area (Å²) in [7, 11) is -2.54. The van der Waals surface area contributed by atoms with Crippen LogP contribution in [0.2, 0.25) is 5.02 Å². The minimum absolute atomic E-state index is 0.205. The molecule has 16 heteroatoms. The van der Waals surface area contributed by atoms with E-state index in [1.54, 1.807) is 14.1 Å². The van der Waals surface area contributed by atoms with Gasteiger partial charge in [-0.25, -0.2) is 18.4 Å². The summed E-state index contributed by atoms with van der Waals surface area (Å²) in [4.78, 5) is 33.6. The Balaban J connectivity index is 1.86. The molecule has 0 bridgehead atoms. The summed E-state index contributed by atoms with van der Waals surface area (Å²) in [5.41, 5.74) is -5.96. The molecule has 0 saturated carbocycles. The quantitative estimate of drug-likeness (QED) is 0.513. The van der Waals surface area contributed by atoms with Crippen LogP contribution in [0.1, 0.15) is 38.8 Å². The number of benzene rings is 1. The number of thiazole rings is 1. The van der Waals surface area contributed by atoms with Gasteiger partial charge in [0.25, 0.3) is 21.7 Å². The number of sulfone groups is 1. The van der Waals surface area contributed by atoms with Gasteiger partial charge >= 0.3 is 5.51 Å². The minimum atomic E-state index is -5.71. The number of nitrogens with zero attached hydrogens (tertiary/aromatic N) is 5. The fourth-order valence-electron chi connectivity index (χ4n) is 2.70. The van der Waals surface area contributed by atoms with E-state index < -0.39 is 37.8 Å². The molecule has 0 saturated heterocycles. The van der Waals surface area contributed by atoms with Crippen molar-refractivity contribution in [1.29, 1.82) is 0 Å². The van der Waals surface area contributed by atoms with Gasteiger partial charge in [-0.05, 0) is 25.1 Å². The van der Waals surface area contributed by atoms with E-state index in [4.69, 9.17) is 11.6 Å². The lowest BCUT2D eigenvalue weighted by atomic mass is 10.2. The average molecular weight is 537 g/mol. The zero-order valence-electron chi connectivity index (χ0n) is 17.7. The van der Waals surface area contributed by atoms with Crippen LogP contribution in [-0.4, -0.2) is 64.5 Å². The molecule has 2 heterocycles. The number of halogens is 4. The zero-order valence-corrected chi connectivity index (χ0v) is 20.1. The molecule has 0 fully saturated rings. The number of alkyl halides is 3. The lowest BCUT2D eigenvalue weighted by Crippen LogP contribution is -2.29. The molecule has 0 aliphatic carbocycles. The Kier molecular flexibility index (Phi) is 7.00. The lowest BCUT2D eigenvalue weighted by Gasteiger charge is -2.15. The lowest BCUT2D eigenvalue weighted by molar-refractivity contribution is -0.0436. The largest absolute Gasteiger partial charge is 0.501 e. The summed E-state index contributed by atoms with van der Waals surface area (Å²) < 4.78 is 63.4. The number of aromatic nitrogens is 4. The van der Waals surface area contributed by atoms with Crippen LogP contribution >= 0.6 is 22.9 Å². The molecule has 3 rings (SSSR count). The summed E-state index contributed by atoms with van der Waals surface area (Å²) >= 11 is 6.80. The maximum absolute atomic E-state index is 12.9. The van der Waals surface area contributed by atoms with Crippen molar-refractivity contribution in [2.24, 2.45) is 0 Å². The Morgan fingerprint density at radius 2 is 1.88 bits per heavy atom. The normalized spacial score (nSPS) is 12.9. The van der Waals surface area contributed by atoms with Crippen LogP contribution in [0.3, 0.4) is 0 Å². The highest BCUT2D eigenvalue weighted by Crippen LogP contribution is 2.32. The topological polar surface area (TPSA) is 127 Å². The van der Waals surface area contributed by atoms with Crippen molar-refractivity contribution in [3.05, 3.63) is 52.0 Å². The molecule has 3 aromatic rings. The van der Waals surface area contributed by atoms with Gasteiger partial charge < -0.3 is 10.2 Å². The van der Waals surface area contributed by atoms with Crippen LogP contribution in [0.15, 0.2) is 35.6 Å². The summed E-state index contributed by atoms with van der Waals surface area (Å²) in [6.45, 7) is 1.52. The standard InChI is InChI=1S/C18H16ClF3N6O4S2/c1-9(14-24-8-25-28(14)17-23-7-13(33-17)16(30)27(2)3)26-15(29)10-4-11(19)6-12(5-10)34(31,32)18(20,21)22/h4-9H,1-3H3,(H,26,29)/t9-/m0/s1. The monoisotopic (exact) mass is 536 g/mol. The van der Waals surface area contributed by atoms with E-state index in [1.807, 2.05) is 0 Å². The average Bonchev–Trinajstić information content (AvgIpc) is 3.41. The third-order valence-corrected chi connectivity index (χ3v) is 6.99. The number of nitrogens with one attached hydrogen (secondary N) is 1. The van der Waals surface area contributed by atoms with E-state index in [-0.39, 0.29) is 16.8 Å². The summed E-state index contributed by atoms with van der Waals surface area (Å²) in [5.74, 6) is -0.958. The van der Waals surface area contributed by atoms with E-state index in [2.05, 4.69) is 20.4 Å². The van der Waals surface area contributed by atoms with Gasteiger partial charge in [0.1, 0.15) is 11.2 Å². The first-order chi connectivity index (χ1) is 15.7. The first-order valence-electron chi connectivity index (χ1n) is 9.23. The van der Waals surface area contributed by atoms with Crippen LogP contribution in [0, 0.1) is 0 Å². The smallest absolute Gasteiger partial charge is 0.344 e. The highest BCUT2D eigenvalue weighted by atomic mass is 35.5. The van der Waals surface area contributed by atoms with Gasteiger partial charge in [0.15, 0.2) is 5.82 Å². The van der Waals surface area contributed by atoms with E-state index in [1.165, 1.54) is 29.0 Å². The highest BCUT2D eigenvalue weighted by Gasteiger charge is 2.47. The minimum Gasteiger partial charge on any atom is -0.344 e. The van der Waals surface area contributed by atoms with Crippen molar-refractivity contribution in [2.75, 3.05) is 14.1 Å². The molecule has 0 aliphatic heterocycles. The molecule has 34 heavy (non-hydrogen) atoms. The van der Waals surface area contributed by atoms with E-state index >= 15 is 0 Å². The zero-order chi connectivity index (χ0) is 25.4. The van der Waals surface area contributed by atoms with Crippen LogP contribution < -0.4 is 5.32 Å². The van der Waals surface area contributed by atoms with E-state index in [0.717, 1.165) is 17.4 Å². The van der Waals surface area contributed by atoms with Crippen molar-refractivity contribution >= 4 is 44.6 Å². The molecule has 1 atom stereocenters. The fraction of sp³-hybridized carbons (Fsp3) is 0.278. The van der Waals surface area contributed by atoms with Crippen LogP contribution in [0.5, 0.6) is 0 Å². The Morgan fingerprint density at radius 3 is 2.50 bits per heavy atom. The molecule has 182 valence electrons. The Bertz CT molecular complexity index is 1350. The van der Waals surface area contributed by atoms with Crippen molar-refractivity contribution in [3.63, 3.8) is 0 Å². The van der Waals surface area contributed by atoms with Gasteiger partial charge in [-0.15, -0.1) is 0 Å². The number of hydrogen-bond donors (Lipinski definition) is 1. The van der Waals surface area contributed by atoms with Crippen molar-refractivity contribution < 1.29 is 31.2 Å². The van der Waals surface area contributed by atoms with Gasteiger partial charge in [-0.1, -0.05) is 22.9 Å². The van der Waals surface area contributed by atoms with Crippen LogP contribution in [-0.2, 0) is 9.84 Å². The molecule has 1 N–H and O–H groups in total. The molecular formula is C18H16ClF3N6O4S2. The molecule has 1 aromatic carbocycles. The molecule has 0 unspecified atom stereocenters. The maximum Gasteiger partial charge on any atom is 0.501 e. The van der Waals surface area contributed by atoms with Crippen molar-refractivity contribution in [1.82, 2.24) is 30.0 Å².